The first-order chi connectivity index (χ1) is 10.0. The predicted octanol–water partition coefficient (Wildman–Crippen LogP) is 4.70. The second kappa shape index (κ2) is 6.83. The zero-order valence-electron chi connectivity index (χ0n) is 11.7. The van der Waals surface area contributed by atoms with Gasteiger partial charge in [0, 0.05) is 27.8 Å². The van der Waals surface area contributed by atoms with E-state index >= 15 is 0 Å². The van der Waals surface area contributed by atoms with Crippen LogP contribution in [0.15, 0.2) is 36.4 Å². The van der Waals surface area contributed by atoms with Crippen molar-refractivity contribution in [2.45, 2.75) is 13.5 Å². The molecule has 0 unspecified atom stereocenters. The van der Waals surface area contributed by atoms with Crippen molar-refractivity contribution in [1.29, 1.82) is 0 Å². The second-order valence-electron chi connectivity index (χ2n) is 4.58. The van der Waals surface area contributed by atoms with Gasteiger partial charge in [0.25, 0.3) is 0 Å². The van der Waals surface area contributed by atoms with E-state index in [0.29, 0.717) is 22.2 Å². The van der Waals surface area contributed by atoms with Gasteiger partial charge in [0.15, 0.2) is 0 Å². The van der Waals surface area contributed by atoms with Gasteiger partial charge in [-0.25, -0.2) is 4.79 Å². The molecular weight excluding hydrogens is 309 g/mol. The van der Waals surface area contributed by atoms with E-state index in [2.05, 4.69) is 5.32 Å². The maximum Gasteiger partial charge on any atom is 0.337 e. The van der Waals surface area contributed by atoms with Gasteiger partial charge in [-0.2, -0.15) is 0 Å². The summed E-state index contributed by atoms with van der Waals surface area (Å²) in [4.78, 5) is 11.5. The fraction of sp³-hybridized carbons (Fsp3) is 0.188. The largest absolute Gasteiger partial charge is 0.465 e. The minimum Gasteiger partial charge on any atom is -0.465 e. The molecule has 0 bridgehead atoms. The number of rotatable bonds is 4. The molecule has 2 aromatic rings. The Bertz CT molecular complexity index is 651. The van der Waals surface area contributed by atoms with Crippen LogP contribution in [-0.4, -0.2) is 13.1 Å². The number of carbonyl (C=O) groups is 1. The Morgan fingerprint density at radius 2 is 1.86 bits per heavy atom. The maximum absolute atomic E-state index is 11.5. The highest BCUT2D eigenvalue weighted by molar-refractivity contribution is 6.36. The van der Waals surface area contributed by atoms with Crippen molar-refractivity contribution in [3.8, 4) is 0 Å². The van der Waals surface area contributed by atoms with E-state index in [9.17, 15) is 4.79 Å². The van der Waals surface area contributed by atoms with Crippen molar-refractivity contribution in [2.24, 2.45) is 0 Å². The molecule has 0 aliphatic heterocycles. The number of aryl methyl sites for hydroxylation is 1. The fourth-order valence-corrected chi connectivity index (χ4v) is 2.52. The van der Waals surface area contributed by atoms with Gasteiger partial charge < -0.3 is 10.1 Å². The molecule has 0 fully saturated rings. The first kappa shape index (κ1) is 15.7. The lowest BCUT2D eigenvalue weighted by Crippen LogP contribution is -2.05. The van der Waals surface area contributed by atoms with Crippen LogP contribution in [0.4, 0.5) is 5.69 Å². The molecule has 0 aliphatic rings. The number of carbonyl (C=O) groups excluding carboxylic acids is 1. The Labute approximate surface area is 133 Å². The Hall–Kier alpha value is -1.71. The normalized spacial score (nSPS) is 10.3. The van der Waals surface area contributed by atoms with E-state index in [0.717, 1.165) is 16.8 Å². The number of esters is 1. The number of nitrogens with one attached hydrogen (secondary N) is 1. The lowest BCUT2D eigenvalue weighted by Gasteiger charge is -2.12. The van der Waals surface area contributed by atoms with Gasteiger partial charge in [0.2, 0.25) is 0 Å². The van der Waals surface area contributed by atoms with Gasteiger partial charge in [0.1, 0.15) is 0 Å². The summed E-state index contributed by atoms with van der Waals surface area (Å²) in [6.45, 7) is 2.43. The van der Waals surface area contributed by atoms with Crippen molar-refractivity contribution in [3.63, 3.8) is 0 Å². The van der Waals surface area contributed by atoms with E-state index < -0.39 is 0 Å². The Morgan fingerprint density at radius 1 is 1.19 bits per heavy atom. The molecular formula is C16H15Cl2NO2. The summed E-state index contributed by atoms with van der Waals surface area (Å²) in [5.41, 5.74) is 3.23. The van der Waals surface area contributed by atoms with Crippen LogP contribution in [0.2, 0.25) is 10.0 Å². The molecule has 0 aromatic heterocycles. The number of hydrogen-bond acceptors (Lipinski definition) is 3. The summed E-state index contributed by atoms with van der Waals surface area (Å²) < 4.78 is 4.70. The summed E-state index contributed by atoms with van der Waals surface area (Å²) >= 11 is 12.3. The van der Waals surface area contributed by atoms with Gasteiger partial charge in [0.05, 0.1) is 12.7 Å². The van der Waals surface area contributed by atoms with E-state index in [1.807, 2.05) is 19.1 Å². The van der Waals surface area contributed by atoms with Gasteiger partial charge in [-0.05, 0) is 42.8 Å². The van der Waals surface area contributed by atoms with Gasteiger partial charge >= 0.3 is 5.97 Å². The molecule has 2 rings (SSSR count). The van der Waals surface area contributed by atoms with Crippen molar-refractivity contribution in [1.82, 2.24) is 0 Å². The summed E-state index contributed by atoms with van der Waals surface area (Å²) in [5.74, 6) is -0.348. The summed E-state index contributed by atoms with van der Waals surface area (Å²) in [6.07, 6.45) is 0. The molecule has 0 heterocycles. The molecule has 0 aliphatic carbocycles. The van der Waals surface area contributed by atoms with E-state index in [-0.39, 0.29) is 5.97 Å². The van der Waals surface area contributed by atoms with Crippen LogP contribution in [0.5, 0.6) is 0 Å². The highest BCUT2D eigenvalue weighted by atomic mass is 35.5. The quantitative estimate of drug-likeness (QED) is 0.829. The topological polar surface area (TPSA) is 38.3 Å². The number of hydrogen-bond donors (Lipinski definition) is 1. The molecule has 0 amide bonds. The summed E-state index contributed by atoms with van der Waals surface area (Å²) in [7, 11) is 1.36. The zero-order valence-corrected chi connectivity index (χ0v) is 13.3. The van der Waals surface area contributed by atoms with Crippen LogP contribution in [0, 0.1) is 6.92 Å². The summed E-state index contributed by atoms with van der Waals surface area (Å²) in [6, 6.07) is 10.8. The molecule has 0 saturated heterocycles. The fourth-order valence-electron chi connectivity index (χ4n) is 1.99. The number of halogens is 2. The van der Waals surface area contributed by atoms with Crippen LogP contribution >= 0.6 is 23.2 Å². The number of ether oxygens (including phenoxy) is 1. The van der Waals surface area contributed by atoms with Crippen LogP contribution in [0.25, 0.3) is 0 Å². The molecule has 2 aromatic carbocycles. The highest BCUT2D eigenvalue weighted by Crippen LogP contribution is 2.26. The minimum absolute atomic E-state index is 0.348. The second-order valence-corrected chi connectivity index (χ2v) is 5.39. The van der Waals surface area contributed by atoms with Crippen LogP contribution in [-0.2, 0) is 11.3 Å². The molecule has 1 N–H and O–H groups in total. The highest BCUT2D eigenvalue weighted by Gasteiger charge is 2.09. The average molecular weight is 324 g/mol. The standard InChI is InChI=1S/C16H15Cl2NO2/c1-10-8-11(16(20)21-2)6-7-15(10)19-9-12-13(17)4-3-5-14(12)18/h3-8,19H,9H2,1-2H3. The van der Waals surface area contributed by atoms with E-state index in [4.69, 9.17) is 27.9 Å². The van der Waals surface area contributed by atoms with Crippen molar-refractivity contribution >= 4 is 34.9 Å². The molecule has 0 radical (unpaired) electrons. The maximum atomic E-state index is 11.5. The molecule has 21 heavy (non-hydrogen) atoms. The van der Waals surface area contributed by atoms with Gasteiger partial charge in [-0.1, -0.05) is 29.3 Å². The molecule has 0 saturated carbocycles. The smallest absolute Gasteiger partial charge is 0.337 e. The van der Waals surface area contributed by atoms with Gasteiger partial charge in [-0.15, -0.1) is 0 Å². The predicted molar refractivity (Wildman–Crippen MR) is 86.3 cm³/mol. The van der Waals surface area contributed by atoms with E-state index in [1.165, 1.54) is 7.11 Å². The van der Waals surface area contributed by atoms with Gasteiger partial charge in [-0.3, -0.25) is 0 Å². The molecule has 3 nitrogen and oxygen atoms in total. The molecule has 110 valence electrons. The first-order valence-electron chi connectivity index (χ1n) is 6.38. The number of anilines is 1. The van der Waals surface area contributed by atoms with Crippen molar-refractivity contribution in [3.05, 3.63) is 63.1 Å². The average Bonchev–Trinajstić information content (AvgIpc) is 2.47. The molecule has 0 spiro atoms. The number of benzene rings is 2. The van der Waals surface area contributed by atoms with Crippen LogP contribution < -0.4 is 5.32 Å². The van der Waals surface area contributed by atoms with Crippen molar-refractivity contribution < 1.29 is 9.53 Å². The van der Waals surface area contributed by atoms with Crippen LogP contribution in [0.1, 0.15) is 21.5 Å². The number of methoxy groups -OCH3 is 1. The van der Waals surface area contributed by atoms with Crippen LogP contribution in [0.3, 0.4) is 0 Å². The Balaban J connectivity index is 2.16. The molecule has 0 atom stereocenters. The van der Waals surface area contributed by atoms with E-state index in [1.54, 1.807) is 24.3 Å². The lowest BCUT2D eigenvalue weighted by atomic mass is 10.1. The third kappa shape index (κ3) is 3.69. The lowest BCUT2D eigenvalue weighted by molar-refractivity contribution is 0.0600. The minimum atomic E-state index is -0.348. The third-order valence-electron chi connectivity index (χ3n) is 3.16. The SMILES string of the molecule is COC(=O)c1ccc(NCc2c(Cl)cccc2Cl)c(C)c1. The summed E-state index contributed by atoms with van der Waals surface area (Å²) in [5, 5.41) is 4.52. The Morgan fingerprint density at radius 3 is 2.43 bits per heavy atom. The third-order valence-corrected chi connectivity index (χ3v) is 3.87. The zero-order chi connectivity index (χ0) is 15.4. The monoisotopic (exact) mass is 323 g/mol. The Kier molecular flexibility index (Phi) is 5.10. The van der Waals surface area contributed by atoms with Crippen molar-refractivity contribution in [2.75, 3.05) is 12.4 Å². The molecule has 5 heteroatoms. The first-order valence-corrected chi connectivity index (χ1v) is 7.14.